The van der Waals surface area contributed by atoms with Gasteiger partial charge in [-0.2, -0.15) is 0 Å². The molecule has 0 saturated heterocycles. The molecule has 0 unspecified atom stereocenters. The summed E-state index contributed by atoms with van der Waals surface area (Å²) >= 11 is 5.87. The summed E-state index contributed by atoms with van der Waals surface area (Å²) in [7, 11) is 0. The highest BCUT2D eigenvalue weighted by molar-refractivity contribution is 6.30. The lowest BCUT2D eigenvalue weighted by molar-refractivity contribution is 0.0993. The number of rotatable bonds is 5. The number of amides is 1. The summed E-state index contributed by atoms with van der Waals surface area (Å²) in [6.07, 6.45) is 1.46. The van der Waals surface area contributed by atoms with Crippen LogP contribution in [0.4, 0.5) is 11.4 Å². The van der Waals surface area contributed by atoms with Crippen molar-refractivity contribution < 1.29 is 13.9 Å². The van der Waals surface area contributed by atoms with E-state index in [4.69, 9.17) is 26.5 Å². The van der Waals surface area contributed by atoms with Gasteiger partial charge in [0.05, 0.1) is 11.8 Å². The quantitative estimate of drug-likeness (QED) is 0.417. The van der Waals surface area contributed by atoms with Crippen LogP contribution in [-0.2, 0) is 6.61 Å². The van der Waals surface area contributed by atoms with Crippen molar-refractivity contribution in [1.29, 1.82) is 0 Å². The molecule has 2 aromatic carbocycles. The summed E-state index contributed by atoms with van der Waals surface area (Å²) in [5, 5.41) is 4.24. The van der Waals surface area contributed by atoms with Crippen LogP contribution in [0.1, 0.15) is 21.8 Å². The van der Waals surface area contributed by atoms with Gasteiger partial charge in [0.1, 0.15) is 12.4 Å². The normalized spacial score (nSPS) is 10.5. The van der Waals surface area contributed by atoms with Gasteiger partial charge in [-0.15, -0.1) is 12.4 Å². The summed E-state index contributed by atoms with van der Waals surface area (Å²) in [6.45, 7) is 2.07. The van der Waals surface area contributed by atoms with E-state index >= 15 is 0 Å². The first-order valence-electron chi connectivity index (χ1n) is 8.92. The fourth-order valence-electron chi connectivity index (χ4n) is 3.00. The van der Waals surface area contributed by atoms with Crippen LogP contribution in [0.25, 0.3) is 10.9 Å². The molecule has 4 rings (SSSR count). The van der Waals surface area contributed by atoms with Crippen LogP contribution in [0.5, 0.6) is 5.75 Å². The zero-order chi connectivity index (χ0) is 20.4. The maximum absolute atomic E-state index is 12.7. The van der Waals surface area contributed by atoms with Crippen LogP contribution in [0.15, 0.2) is 65.3 Å². The molecule has 8 heteroatoms. The Morgan fingerprint density at radius 1 is 1.17 bits per heavy atom. The lowest BCUT2D eigenvalue weighted by atomic mass is 10.1. The van der Waals surface area contributed by atoms with Gasteiger partial charge in [-0.05, 0) is 61.5 Å². The average Bonchev–Trinajstić information content (AvgIpc) is 3.17. The molecule has 0 spiro atoms. The molecular formula is C22H19Cl2N3O3. The van der Waals surface area contributed by atoms with Gasteiger partial charge in [-0.25, -0.2) is 0 Å². The molecule has 4 aromatic rings. The third kappa shape index (κ3) is 4.67. The van der Waals surface area contributed by atoms with Crippen molar-refractivity contribution in [3.8, 4) is 5.75 Å². The number of nitrogens with zero attached hydrogens (tertiary/aromatic N) is 1. The molecule has 0 aliphatic carbocycles. The van der Waals surface area contributed by atoms with Crippen molar-refractivity contribution in [3.05, 3.63) is 82.9 Å². The number of furan rings is 1. The number of nitrogen functional groups attached to an aromatic ring is 1. The molecule has 2 heterocycles. The van der Waals surface area contributed by atoms with E-state index in [1.54, 1.807) is 48.5 Å². The van der Waals surface area contributed by atoms with E-state index in [1.165, 1.54) is 6.26 Å². The lowest BCUT2D eigenvalue weighted by Gasteiger charge is -2.09. The summed E-state index contributed by atoms with van der Waals surface area (Å²) in [5.41, 5.74) is 9.54. The summed E-state index contributed by atoms with van der Waals surface area (Å²) in [6, 6.07) is 15.9. The minimum Gasteiger partial charge on any atom is -0.489 e. The molecule has 154 valence electrons. The topological polar surface area (TPSA) is 90.4 Å². The maximum atomic E-state index is 12.7. The van der Waals surface area contributed by atoms with Crippen molar-refractivity contribution in [2.45, 2.75) is 13.5 Å². The van der Waals surface area contributed by atoms with Crippen molar-refractivity contribution in [3.63, 3.8) is 0 Å². The second-order valence-corrected chi connectivity index (χ2v) is 6.99. The summed E-state index contributed by atoms with van der Waals surface area (Å²) in [4.78, 5) is 17.1. The number of anilines is 2. The Morgan fingerprint density at radius 3 is 2.70 bits per heavy atom. The predicted octanol–water partition coefficient (Wildman–Crippen LogP) is 5.62. The molecule has 30 heavy (non-hydrogen) atoms. The number of carbonyl (C=O) groups is 1. The smallest absolute Gasteiger partial charge is 0.291 e. The Hall–Kier alpha value is -3.22. The number of halogens is 2. The number of hydrogen-bond acceptors (Lipinski definition) is 5. The molecule has 0 aliphatic rings. The minimum atomic E-state index is -0.373. The number of nitrogens with one attached hydrogen (secondary N) is 1. The molecule has 1 amide bonds. The predicted molar refractivity (Wildman–Crippen MR) is 121 cm³/mol. The second kappa shape index (κ2) is 9.07. The van der Waals surface area contributed by atoms with Crippen molar-refractivity contribution in [2.24, 2.45) is 0 Å². The summed E-state index contributed by atoms with van der Waals surface area (Å²) < 4.78 is 11.1. The van der Waals surface area contributed by atoms with E-state index in [9.17, 15) is 4.79 Å². The molecule has 2 aromatic heterocycles. The van der Waals surface area contributed by atoms with E-state index in [0.29, 0.717) is 27.7 Å². The van der Waals surface area contributed by atoms with Crippen molar-refractivity contribution in [2.75, 3.05) is 11.1 Å². The van der Waals surface area contributed by atoms with E-state index in [-0.39, 0.29) is 30.7 Å². The van der Waals surface area contributed by atoms with E-state index in [2.05, 4.69) is 10.3 Å². The highest BCUT2D eigenvalue weighted by atomic mass is 35.5. The second-order valence-electron chi connectivity index (χ2n) is 6.56. The van der Waals surface area contributed by atoms with E-state index in [0.717, 1.165) is 16.6 Å². The highest BCUT2D eigenvalue weighted by Gasteiger charge is 2.17. The van der Waals surface area contributed by atoms with Gasteiger partial charge in [-0.3, -0.25) is 9.78 Å². The van der Waals surface area contributed by atoms with Crippen LogP contribution < -0.4 is 15.8 Å². The third-order valence-corrected chi connectivity index (χ3v) is 4.64. The first kappa shape index (κ1) is 21.5. The van der Waals surface area contributed by atoms with Crippen LogP contribution in [0.3, 0.4) is 0 Å². The Balaban J connectivity index is 0.00000256. The number of carbonyl (C=O) groups excluding carboxylic acids is 1. The molecular weight excluding hydrogens is 425 g/mol. The standard InChI is InChI=1S/C22H18ClN3O3.ClH/c1-13-10-19(24)18-11-16(4-7-20(18)25-13)26-22(27)21-14(8-9-28-21)12-29-17-5-2-15(23)3-6-17;/h2-11H,12H2,1H3,(H2,24,25)(H,26,27);1H. The summed E-state index contributed by atoms with van der Waals surface area (Å²) in [5.74, 6) is 0.464. The number of hydrogen-bond donors (Lipinski definition) is 2. The fourth-order valence-corrected chi connectivity index (χ4v) is 3.12. The molecule has 3 N–H and O–H groups in total. The van der Waals surface area contributed by atoms with Gasteiger partial charge in [0.15, 0.2) is 5.76 Å². The van der Waals surface area contributed by atoms with Gasteiger partial charge >= 0.3 is 0 Å². The number of fused-ring (bicyclic) bond motifs is 1. The van der Waals surface area contributed by atoms with Crippen LogP contribution in [0.2, 0.25) is 5.02 Å². The van der Waals surface area contributed by atoms with Gasteiger partial charge in [0.2, 0.25) is 0 Å². The zero-order valence-corrected chi connectivity index (χ0v) is 17.6. The third-order valence-electron chi connectivity index (χ3n) is 4.39. The minimum absolute atomic E-state index is 0. The first-order valence-corrected chi connectivity index (χ1v) is 9.30. The molecule has 0 aliphatic heterocycles. The van der Waals surface area contributed by atoms with E-state index in [1.807, 2.05) is 13.0 Å². The van der Waals surface area contributed by atoms with Crippen molar-refractivity contribution in [1.82, 2.24) is 4.98 Å². The first-order chi connectivity index (χ1) is 14.0. The fraction of sp³-hybridized carbons (Fsp3) is 0.0909. The molecule has 6 nitrogen and oxygen atoms in total. The van der Waals surface area contributed by atoms with Gasteiger partial charge in [0, 0.05) is 33.0 Å². The molecule has 0 fully saturated rings. The number of pyridine rings is 1. The van der Waals surface area contributed by atoms with Crippen LogP contribution in [0, 0.1) is 6.92 Å². The molecule has 0 radical (unpaired) electrons. The average molecular weight is 444 g/mol. The van der Waals surface area contributed by atoms with E-state index < -0.39 is 0 Å². The maximum Gasteiger partial charge on any atom is 0.291 e. The molecule has 0 bridgehead atoms. The molecule has 0 saturated carbocycles. The number of benzene rings is 2. The van der Waals surface area contributed by atoms with Crippen molar-refractivity contribution >= 4 is 52.2 Å². The molecule has 0 atom stereocenters. The zero-order valence-electron chi connectivity index (χ0n) is 16.0. The SMILES string of the molecule is Cc1cc(N)c2cc(NC(=O)c3occc3COc3ccc(Cl)cc3)ccc2n1.Cl. The van der Waals surface area contributed by atoms with Gasteiger partial charge in [-0.1, -0.05) is 11.6 Å². The lowest BCUT2D eigenvalue weighted by Crippen LogP contribution is -2.13. The number of aryl methyl sites for hydroxylation is 1. The van der Waals surface area contributed by atoms with Gasteiger partial charge < -0.3 is 20.2 Å². The Bertz CT molecular complexity index is 1190. The van der Waals surface area contributed by atoms with Gasteiger partial charge in [0.25, 0.3) is 5.91 Å². The van der Waals surface area contributed by atoms with Crippen LogP contribution >= 0.6 is 24.0 Å². The number of nitrogens with two attached hydrogens (primary N) is 1. The Morgan fingerprint density at radius 2 is 1.93 bits per heavy atom. The largest absolute Gasteiger partial charge is 0.489 e. The number of aromatic nitrogens is 1. The highest BCUT2D eigenvalue weighted by Crippen LogP contribution is 2.25. The Labute approximate surface area is 184 Å². The number of ether oxygens (including phenoxy) is 1. The van der Waals surface area contributed by atoms with Crippen LogP contribution in [-0.4, -0.2) is 10.9 Å². The monoisotopic (exact) mass is 443 g/mol. The Kier molecular flexibility index (Phi) is 6.50.